The Labute approximate surface area is 163 Å². The van der Waals surface area contributed by atoms with Gasteiger partial charge in [0.25, 0.3) is 0 Å². The van der Waals surface area contributed by atoms with Gasteiger partial charge in [-0.15, -0.1) is 0 Å². The minimum absolute atomic E-state index is 0.312. The smallest absolute Gasteiger partial charge is 0.333 e. The second-order valence-corrected chi connectivity index (χ2v) is 6.40. The summed E-state index contributed by atoms with van der Waals surface area (Å²) in [5.74, 6) is 1.15. The van der Waals surface area contributed by atoms with Crippen LogP contribution in [0.15, 0.2) is 59.0 Å². The van der Waals surface area contributed by atoms with Crippen molar-refractivity contribution in [2.24, 2.45) is 0 Å². The molecular weight excluding hydrogens is 358 g/mol. The SMILES string of the molecule is COC(Cc1ccc(OCCc2nc(-c3ccccc3)oc2C)cc1)C(=O)O. The summed E-state index contributed by atoms with van der Waals surface area (Å²) in [6, 6.07) is 17.1. The van der Waals surface area contributed by atoms with Gasteiger partial charge in [-0.05, 0) is 36.8 Å². The first-order chi connectivity index (χ1) is 13.6. The average Bonchev–Trinajstić information content (AvgIpc) is 3.08. The highest BCUT2D eigenvalue weighted by Crippen LogP contribution is 2.22. The number of hydrogen-bond acceptors (Lipinski definition) is 5. The maximum Gasteiger partial charge on any atom is 0.333 e. The van der Waals surface area contributed by atoms with E-state index in [9.17, 15) is 4.79 Å². The summed E-state index contributed by atoms with van der Waals surface area (Å²) in [6.45, 7) is 2.37. The first-order valence-electron chi connectivity index (χ1n) is 9.06. The Kier molecular flexibility index (Phi) is 6.45. The molecule has 6 nitrogen and oxygen atoms in total. The van der Waals surface area contributed by atoms with E-state index < -0.39 is 12.1 Å². The van der Waals surface area contributed by atoms with Gasteiger partial charge in [0.15, 0.2) is 6.10 Å². The molecule has 3 rings (SSSR count). The van der Waals surface area contributed by atoms with Gasteiger partial charge in [-0.25, -0.2) is 9.78 Å². The maximum atomic E-state index is 11.0. The van der Waals surface area contributed by atoms with Gasteiger partial charge in [0.05, 0.1) is 12.3 Å². The van der Waals surface area contributed by atoms with E-state index in [1.54, 1.807) is 0 Å². The summed E-state index contributed by atoms with van der Waals surface area (Å²) >= 11 is 0. The van der Waals surface area contributed by atoms with Crippen molar-refractivity contribution in [3.63, 3.8) is 0 Å². The summed E-state index contributed by atoms with van der Waals surface area (Å²) in [7, 11) is 1.39. The lowest BCUT2D eigenvalue weighted by atomic mass is 10.1. The Morgan fingerprint density at radius 1 is 1.14 bits per heavy atom. The molecule has 0 bridgehead atoms. The van der Waals surface area contributed by atoms with E-state index in [0.29, 0.717) is 25.3 Å². The first kappa shape index (κ1) is 19.6. The van der Waals surface area contributed by atoms with Crippen LogP contribution in [0.2, 0.25) is 0 Å². The van der Waals surface area contributed by atoms with E-state index in [1.807, 2.05) is 61.5 Å². The predicted molar refractivity (Wildman–Crippen MR) is 104 cm³/mol. The summed E-state index contributed by atoms with van der Waals surface area (Å²) in [5, 5.41) is 9.05. The third-order valence-electron chi connectivity index (χ3n) is 4.43. The van der Waals surface area contributed by atoms with Crippen molar-refractivity contribution in [1.82, 2.24) is 4.98 Å². The van der Waals surface area contributed by atoms with Crippen LogP contribution in [-0.2, 0) is 22.4 Å². The van der Waals surface area contributed by atoms with Gasteiger partial charge in [-0.1, -0.05) is 30.3 Å². The molecule has 3 aromatic rings. The van der Waals surface area contributed by atoms with E-state index in [4.69, 9.17) is 19.0 Å². The van der Waals surface area contributed by atoms with Crippen LogP contribution in [0, 0.1) is 6.92 Å². The zero-order chi connectivity index (χ0) is 19.9. The molecule has 1 unspecified atom stereocenters. The van der Waals surface area contributed by atoms with Gasteiger partial charge in [0.1, 0.15) is 11.5 Å². The van der Waals surface area contributed by atoms with E-state index >= 15 is 0 Å². The highest BCUT2D eigenvalue weighted by Gasteiger charge is 2.16. The largest absolute Gasteiger partial charge is 0.493 e. The number of oxazole rings is 1. The van der Waals surface area contributed by atoms with Crippen LogP contribution in [-0.4, -0.2) is 35.9 Å². The van der Waals surface area contributed by atoms with Crippen molar-refractivity contribution in [2.45, 2.75) is 25.9 Å². The van der Waals surface area contributed by atoms with Crippen molar-refractivity contribution in [3.05, 3.63) is 71.6 Å². The molecule has 0 saturated carbocycles. The van der Waals surface area contributed by atoms with Crippen molar-refractivity contribution >= 4 is 5.97 Å². The fourth-order valence-corrected chi connectivity index (χ4v) is 2.84. The number of ether oxygens (including phenoxy) is 2. The minimum atomic E-state index is -0.972. The number of rotatable bonds is 9. The van der Waals surface area contributed by atoms with Crippen LogP contribution < -0.4 is 4.74 Å². The summed E-state index contributed by atoms with van der Waals surface area (Å²) in [6.07, 6.45) is 0.0991. The normalized spacial score (nSPS) is 11.9. The van der Waals surface area contributed by atoms with Gasteiger partial charge >= 0.3 is 5.97 Å². The number of carbonyl (C=O) groups is 1. The van der Waals surface area contributed by atoms with E-state index in [1.165, 1.54) is 7.11 Å². The van der Waals surface area contributed by atoms with Crippen LogP contribution in [0.4, 0.5) is 0 Å². The Hall–Kier alpha value is -3.12. The molecule has 0 saturated heterocycles. The van der Waals surface area contributed by atoms with Gasteiger partial charge in [0, 0.05) is 25.5 Å². The monoisotopic (exact) mass is 381 g/mol. The molecule has 0 amide bonds. The summed E-state index contributed by atoms with van der Waals surface area (Å²) in [5.41, 5.74) is 2.70. The highest BCUT2D eigenvalue weighted by molar-refractivity contribution is 5.72. The quantitative estimate of drug-likeness (QED) is 0.605. The maximum absolute atomic E-state index is 11.0. The Morgan fingerprint density at radius 2 is 1.86 bits per heavy atom. The van der Waals surface area contributed by atoms with Gasteiger partial charge < -0.3 is 19.0 Å². The number of aromatic nitrogens is 1. The standard InChI is InChI=1S/C22H23NO5/c1-15-19(23-21(28-15)17-6-4-3-5-7-17)12-13-27-18-10-8-16(9-11-18)14-20(26-2)22(24)25/h3-11,20H,12-14H2,1-2H3,(H,24,25). The lowest BCUT2D eigenvalue weighted by Crippen LogP contribution is -2.24. The molecule has 0 radical (unpaired) electrons. The van der Waals surface area contributed by atoms with Crippen molar-refractivity contribution in [1.29, 1.82) is 0 Å². The lowest BCUT2D eigenvalue weighted by molar-refractivity contribution is -0.148. The topological polar surface area (TPSA) is 81.8 Å². The van der Waals surface area contributed by atoms with E-state index in [0.717, 1.165) is 28.3 Å². The molecule has 0 spiro atoms. The Balaban J connectivity index is 1.54. The minimum Gasteiger partial charge on any atom is -0.493 e. The number of aliphatic carboxylic acids is 1. The fraction of sp³-hybridized carbons (Fsp3) is 0.273. The lowest BCUT2D eigenvalue weighted by Gasteiger charge is -2.11. The number of nitrogens with zero attached hydrogens (tertiary/aromatic N) is 1. The molecule has 2 aromatic carbocycles. The van der Waals surface area contributed by atoms with Crippen LogP contribution in [0.3, 0.4) is 0 Å². The van der Waals surface area contributed by atoms with Crippen LogP contribution >= 0.6 is 0 Å². The summed E-state index contributed by atoms with van der Waals surface area (Å²) in [4.78, 5) is 15.6. The van der Waals surface area contributed by atoms with E-state index in [2.05, 4.69) is 4.98 Å². The zero-order valence-corrected chi connectivity index (χ0v) is 15.9. The van der Waals surface area contributed by atoms with Crippen LogP contribution in [0.1, 0.15) is 17.0 Å². The second kappa shape index (κ2) is 9.19. The molecule has 1 heterocycles. The highest BCUT2D eigenvalue weighted by atomic mass is 16.5. The number of hydrogen-bond donors (Lipinski definition) is 1. The van der Waals surface area contributed by atoms with Gasteiger partial charge in [0.2, 0.25) is 5.89 Å². The molecular formula is C22H23NO5. The molecule has 0 fully saturated rings. The number of aryl methyl sites for hydroxylation is 1. The number of methoxy groups -OCH3 is 1. The number of carboxylic acids is 1. The van der Waals surface area contributed by atoms with Gasteiger partial charge in [-0.2, -0.15) is 0 Å². The van der Waals surface area contributed by atoms with Crippen molar-refractivity contribution in [3.8, 4) is 17.2 Å². The predicted octanol–water partition coefficient (Wildman–Crippen LogP) is 3.91. The van der Waals surface area contributed by atoms with E-state index in [-0.39, 0.29) is 0 Å². The summed E-state index contributed by atoms with van der Waals surface area (Å²) < 4.78 is 16.5. The zero-order valence-electron chi connectivity index (χ0n) is 15.9. The molecule has 0 aliphatic carbocycles. The first-order valence-corrected chi connectivity index (χ1v) is 9.06. The second-order valence-electron chi connectivity index (χ2n) is 6.40. The Bertz CT molecular complexity index is 902. The van der Waals surface area contributed by atoms with Gasteiger partial charge in [-0.3, -0.25) is 0 Å². The van der Waals surface area contributed by atoms with Crippen molar-refractivity contribution < 1.29 is 23.8 Å². The fourth-order valence-electron chi connectivity index (χ4n) is 2.84. The molecule has 6 heteroatoms. The van der Waals surface area contributed by atoms with Crippen LogP contribution in [0.5, 0.6) is 5.75 Å². The third kappa shape index (κ3) is 4.98. The molecule has 28 heavy (non-hydrogen) atoms. The molecule has 0 aliphatic rings. The number of carboxylic acid groups (broad SMARTS) is 1. The molecule has 1 aromatic heterocycles. The molecule has 0 aliphatic heterocycles. The number of benzene rings is 2. The molecule has 1 atom stereocenters. The Morgan fingerprint density at radius 3 is 2.50 bits per heavy atom. The van der Waals surface area contributed by atoms with Crippen molar-refractivity contribution in [2.75, 3.05) is 13.7 Å². The third-order valence-corrected chi connectivity index (χ3v) is 4.43. The molecule has 146 valence electrons. The molecule has 1 N–H and O–H groups in total. The van der Waals surface area contributed by atoms with Crippen LogP contribution in [0.25, 0.3) is 11.5 Å². The average molecular weight is 381 g/mol.